The van der Waals surface area contributed by atoms with Crippen molar-refractivity contribution in [3.8, 4) is 22.3 Å². The number of amides is 3. The molecule has 15 heteroatoms. The number of rotatable bonds is 20. The fraction of sp³-hybridized carbons (Fsp3) is 0.509. The number of aromatic nitrogens is 1. The normalized spacial score (nSPS) is 20.0. The Morgan fingerprint density at radius 3 is 2.32 bits per heavy atom. The second kappa shape index (κ2) is 22.0. The Hall–Kier alpha value is -5.33. The van der Waals surface area contributed by atoms with Crippen LogP contribution in [-0.2, 0) is 25.5 Å². The predicted octanol–water partition coefficient (Wildman–Crippen LogP) is 8.97. The second-order valence-electron chi connectivity index (χ2n) is 20.7. The number of Topliss-reactive ketones (excluding diaryl/α,β-unsaturated/α-hetero) is 1. The number of carbonyl (C=O) groups excluding carboxylic acids is 4. The molecule has 0 bridgehead atoms. The first kappa shape index (κ1) is 52.0. The van der Waals surface area contributed by atoms with Crippen molar-refractivity contribution < 1.29 is 33.8 Å². The molecule has 2 fully saturated rings. The molecule has 1 saturated carbocycles. The monoisotopic (exact) mass is 966 g/mol. The maximum atomic E-state index is 14.1. The molecule has 3 atom stereocenters. The molecular formula is C53H67ClN6O7S. The number of halogens is 1. The average molecular weight is 968 g/mol. The van der Waals surface area contributed by atoms with Crippen LogP contribution in [0.3, 0.4) is 0 Å². The van der Waals surface area contributed by atoms with Gasteiger partial charge in [-0.2, -0.15) is 5.26 Å². The summed E-state index contributed by atoms with van der Waals surface area (Å²) >= 11 is 7.86. The summed E-state index contributed by atoms with van der Waals surface area (Å²) in [4.78, 5) is 61.3. The number of hydrogen-bond donors (Lipinski definition) is 4. The molecule has 13 nitrogen and oxygen atoms in total. The number of carbonyl (C=O) groups is 4. The molecule has 68 heavy (non-hydrogen) atoms. The van der Waals surface area contributed by atoms with Gasteiger partial charge < -0.3 is 35.4 Å². The zero-order valence-corrected chi connectivity index (χ0v) is 42.4. The summed E-state index contributed by atoms with van der Waals surface area (Å²) in [7, 11) is 0. The quantitative estimate of drug-likeness (QED) is 0.0624. The van der Waals surface area contributed by atoms with Crippen molar-refractivity contribution >= 4 is 52.1 Å². The lowest BCUT2D eigenvalue weighted by Crippen LogP contribution is -2.74. The van der Waals surface area contributed by atoms with Gasteiger partial charge in [0.25, 0.3) is 5.91 Å². The summed E-state index contributed by atoms with van der Waals surface area (Å²) in [6.45, 7) is 18.9. The van der Waals surface area contributed by atoms with Crippen LogP contribution >= 0.6 is 22.9 Å². The molecule has 1 saturated heterocycles. The minimum Gasteiger partial charge on any atom is -0.489 e. The number of nitriles is 1. The Morgan fingerprint density at radius 1 is 1.00 bits per heavy atom. The van der Waals surface area contributed by atoms with E-state index >= 15 is 0 Å². The standard InChI is InChI=1S/C53H67ClN6O7S/c1-32(2)44-45(68-31-57-44)34-15-12-33(13-16-34)14-23-42(62)41-26-38(61)29-60(41)48(65)46(51(3,4)5)58-43(63)30-66-25-11-10-24-56-37-20-17-35(18-21-37)47(64)59-49-52(6,7)50(53(49,8)9)67-39-22-19-36(28-55)40(54)27-39/h12-13,15-22,27,31-32,38,41,46,49-50,56,61H,10-11,14,23-26,29-30H2,1-9H3,(H,58,63)(H,59,64)/t38-,41+,46-,49?,50?/m1/s1. The summed E-state index contributed by atoms with van der Waals surface area (Å²) in [5.74, 6) is -0.227. The Kier molecular flexibility index (Phi) is 16.8. The lowest BCUT2D eigenvalue weighted by molar-refractivity contribution is -0.164. The van der Waals surface area contributed by atoms with E-state index in [0.29, 0.717) is 53.8 Å². The average Bonchev–Trinajstić information content (AvgIpc) is 3.95. The fourth-order valence-electron chi connectivity index (χ4n) is 9.80. The van der Waals surface area contributed by atoms with Crippen LogP contribution in [0, 0.1) is 27.6 Å². The molecule has 6 rings (SSSR count). The number of aliphatic hydroxyl groups excluding tert-OH is 1. The SMILES string of the molecule is CC(C)c1ncsc1-c1ccc(CCC(=O)[C@@H]2C[C@@H](O)CN2C(=O)[C@@H](NC(=O)COCCCCNc2ccc(C(=O)NC3C(C)(C)C(Oc4ccc(C#N)c(Cl)c4)C3(C)C)cc2)C(C)(C)C)cc1. The van der Waals surface area contributed by atoms with E-state index in [1.54, 1.807) is 41.7 Å². The maximum absolute atomic E-state index is 14.1. The highest BCUT2D eigenvalue weighted by Gasteiger charge is 2.64. The van der Waals surface area contributed by atoms with Crippen LogP contribution in [0.5, 0.6) is 5.75 Å². The lowest BCUT2D eigenvalue weighted by atomic mass is 9.49. The van der Waals surface area contributed by atoms with E-state index in [0.717, 1.165) is 33.8 Å². The van der Waals surface area contributed by atoms with Crippen molar-refractivity contribution in [3.63, 3.8) is 0 Å². The fourth-order valence-corrected chi connectivity index (χ4v) is 11.0. The van der Waals surface area contributed by atoms with Gasteiger partial charge in [0, 0.05) is 66.7 Å². The van der Waals surface area contributed by atoms with Gasteiger partial charge in [-0.25, -0.2) is 4.98 Å². The molecule has 1 aromatic heterocycles. The molecular weight excluding hydrogens is 900 g/mol. The third-order valence-electron chi connectivity index (χ3n) is 13.2. The number of aliphatic hydroxyl groups is 1. The highest BCUT2D eigenvalue weighted by atomic mass is 35.5. The molecule has 4 aromatic rings. The van der Waals surface area contributed by atoms with Gasteiger partial charge in [-0.05, 0) is 78.1 Å². The van der Waals surface area contributed by atoms with Gasteiger partial charge in [-0.3, -0.25) is 19.2 Å². The number of unbranched alkanes of at least 4 members (excludes halogenated alkanes) is 1. The molecule has 1 aliphatic carbocycles. The van der Waals surface area contributed by atoms with Crippen molar-refractivity contribution in [3.05, 3.63) is 99.6 Å². The molecule has 3 aromatic carbocycles. The molecule has 3 amide bonds. The van der Waals surface area contributed by atoms with Crippen molar-refractivity contribution in [2.45, 2.75) is 131 Å². The number of likely N-dealkylation sites (tertiary alicyclic amines) is 1. The lowest BCUT2D eigenvalue weighted by Gasteiger charge is -2.63. The van der Waals surface area contributed by atoms with Crippen molar-refractivity contribution in [1.82, 2.24) is 20.5 Å². The Labute approximate surface area is 410 Å². The van der Waals surface area contributed by atoms with Gasteiger partial charge in [0.1, 0.15) is 30.6 Å². The molecule has 0 unspecified atom stereocenters. The number of ketones is 1. The van der Waals surface area contributed by atoms with Crippen LogP contribution in [0.2, 0.25) is 5.02 Å². The largest absolute Gasteiger partial charge is 0.489 e. The summed E-state index contributed by atoms with van der Waals surface area (Å²) in [5, 5.41) is 29.6. The van der Waals surface area contributed by atoms with Crippen LogP contribution in [0.1, 0.15) is 121 Å². The van der Waals surface area contributed by atoms with Crippen molar-refractivity contribution in [1.29, 1.82) is 5.26 Å². The number of thiazole rings is 1. The number of benzene rings is 3. The number of nitrogens with zero attached hydrogens (tertiary/aromatic N) is 3. The van der Waals surface area contributed by atoms with E-state index < -0.39 is 35.4 Å². The van der Waals surface area contributed by atoms with E-state index in [1.165, 1.54) is 4.90 Å². The van der Waals surface area contributed by atoms with Crippen LogP contribution in [0.4, 0.5) is 5.69 Å². The molecule has 4 N–H and O–H groups in total. The minimum atomic E-state index is -0.929. The molecule has 2 aliphatic rings. The van der Waals surface area contributed by atoms with Gasteiger partial charge in [0.15, 0.2) is 5.78 Å². The molecule has 0 spiro atoms. The van der Waals surface area contributed by atoms with E-state index in [2.05, 4.69) is 80.7 Å². The molecule has 0 radical (unpaired) electrons. The number of hydrogen-bond acceptors (Lipinski definition) is 11. The zero-order chi connectivity index (χ0) is 49.6. The Balaban J connectivity index is 0.899. The number of β-amino-alcohol motifs (C(OH)–C–C–N with tert-alkyl or cyclic N) is 1. The highest BCUT2D eigenvalue weighted by molar-refractivity contribution is 7.13. The van der Waals surface area contributed by atoms with E-state index in [1.807, 2.05) is 50.5 Å². The van der Waals surface area contributed by atoms with E-state index in [9.17, 15) is 29.5 Å². The Morgan fingerprint density at radius 2 is 1.69 bits per heavy atom. The smallest absolute Gasteiger partial charge is 0.251 e. The second-order valence-corrected chi connectivity index (χ2v) is 22.0. The number of anilines is 1. The number of ether oxygens (including phenoxy) is 2. The summed E-state index contributed by atoms with van der Waals surface area (Å²) in [5.41, 5.74) is 5.39. The first-order chi connectivity index (χ1) is 32.1. The van der Waals surface area contributed by atoms with Gasteiger partial charge >= 0.3 is 0 Å². The van der Waals surface area contributed by atoms with E-state index in [4.69, 9.17) is 21.1 Å². The van der Waals surface area contributed by atoms with Crippen molar-refractivity contribution in [2.75, 3.05) is 31.6 Å². The number of nitrogens with one attached hydrogen (secondary N) is 3. The summed E-state index contributed by atoms with van der Waals surface area (Å²) in [6.07, 6.45) is 1.29. The minimum absolute atomic E-state index is 0.0257. The first-order valence-corrected chi connectivity index (χ1v) is 24.8. The number of aryl methyl sites for hydroxylation is 1. The Bertz CT molecular complexity index is 2440. The third-order valence-corrected chi connectivity index (χ3v) is 14.4. The first-order valence-electron chi connectivity index (χ1n) is 23.5. The highest BCUT2D eigenvalue weighted by Crippen LogP contribution is 2.55. The van der Waals surface area contributed by atoms with E-state index in [-0.39, 0.29) is 60.7 Å². The van der Waals surface area contributed by atoms with Crippen LogP contribution < -0.4 is 20.7 Å². The molecule has 364 valence electrons. The van der Waals surface area contributed by atoms with Gasteiger partial charge in [0.2, 0.25) is 11.8 Å². The van der Waals surface area contributed by atoms with Gasteiger partial charge in [-0.15, -0.1) is 11.3 Å². The zero-order valence-electron chi connectivity index (χ0n) is 40.8. The van der Waals surface area contributed by atoms with Crippen LogP contribution in [0.25, 0.3) is 10.4 Å². The van der Waals surface area contributed by atoms with Gasteiger partial charge in [0.05, 0.1) is 38.8 Å². The molecule has 1 aliphatic heterocycles. The molecule has 2 heterocycles. The van der Waals surface area contributed by atoms with Crippen LogP contribution in [0.15, 0.2) is 72.2 Å². The van der Waals surface area contributed by atoms with Gasteiger partial charge in [-0.1, -0.05) is 98.2 Å². The predicted molar refractivity (Wildman–Crippen MR) is 267 cm³/mol. The topological polar surface area (TPSA) is 183 Å². The third kappa shape index (κ3) is 12.3. The van der Waals surface area contributed by atoms with Crippen molar-refractivity contribution in [2.24, 2.45) is 16.2 Å². The van der Waals surface area contributed by atoms with Crippen LogP contribution in [-0.4, -0.2) is 95.1 Å². The maximum Gasteiger partial charge on any atom is 0.251 e. The summed E-state index contributed by atoms with van der Waals surface area (Å²) in [6, 6.07) is 20.7. The summed E-state index contributed by atoms with van der Waals surface area (Å²) < 4.78 is 12.1.